The Hall–Kier alpha value is -0.320. The Bertz CT molecular complexity index is 289. The van der Waals surface area contributed by atoms with Gasteiger partial charge in [0.2, 0.25) is 5.91 Å². The van der Waals surface area contributed by atoms with Crippen molar-refractivity contribution in [2.75, 3.05) is 19.6 Å². The first-order valence-corrected chi connectivity index (χ1v) is 8.18. The zero-order valence-corrected chi connectivity index (χ0v) is 15.1. The normalized spacial score (nSPS) is 22.5. The highest BCUT2D eigenvalue weighted by Crippen LogP contribution is 2.15. The van der Waals surface area contributed by atoms with Crippen molar-refractivity contribution in [3.05, 3.63) is 0 Å². The van der Waals surface area contributed by atoms with Gasteiger partial charge in [0.25, 0.3) is 0 Å². The van der Waals surface area contributed by atoms with Crippen LogP contribution >= 0.6 is 12.4 Å². The zero-order valence-electron chi connectivity index (χ0n) is 14.3. The number of carbonyl (C=O) groups is 1. The molecule has 21 heavy (non-hydrogen) atoms. The monoisotopic (exact) mass is 319 g/mol. The molecule has 1 heterocycles. The molecule has 1 aliphatic rings. The highest BCUT2D eigenvalue weighted by molar-refractivity contribution is 5.85. The summed E-state index contributed by atoms with van der Waals surface area (Å²) in [6.45, 7) is 13.9. The molecule has 0 aromatic heterocycles. The van der Waals surface area contributed by atoms with E-state index in [0.29, 0.717) is 18.1 Å². The van der Waals surface area contributed by atoms with E-state index in [1.165, 1.54) is 0 Å². The molecule has 0 bridgehead atoms. The number of nitrogens with one attached hydrogen (secondary N) is 2. The number of amides is 1. The molecular formula is C16H34ClN3O. The molecule has 0 aromatic carbocycles. The Kier molecular flexibility index (Phi) is 10.3. The molecule has 1 rings (SSSR count). The summed E-state index contributed by atoms with van der Waals surface area (Å²) in [6, 6.07) is 1.60. The highest BCUT2D eigenvalue weighted by Gasteiger charge is 2.24. The molecule has 0 aliphatic carbocycles. The third kappa shape index (κ3) is 7.48. The fourth-order valence-corrected chi connectivity index (χ4v) is 3.10. The largest absolute Gasteiger partial charge is 0.356 e. The van der Waals surface area contributed by atoms with Gasteiger partial charge in [-0.25, -0.2) is 0 Å². The molecule has 0 spiro atoms. The first-order chi connectivity index (χ1) is 9.41. The number of nitrogens with zero attached hydrogens (tertiary/aromatic N) is 1. The van der Waals surface area contributed by atoms with Gasteiger partial charge in [-0.2, -0.15) is 0 Å². The highest BCUT2D eigenvalue weighted by atomic mass is 35.5. The van der Waals surface area contributed by atoms with Crippen LogP contribution in [0.3, 0.4) is 0 Å². The molecule has 2 atom stereocenters. The van der Waals surface area contributed by atoms with Crippen molar-refractivity contribution in [1.82, 2.24) is 15.5 Å². The molecule has 0 radical (unpaired) electrons. The van der Waals surface area contributed by atoms with E-state index in [0.717, 1.165) is 38.9 Å². The second-order valence-corrected chi connectivity index (χ2v) is 6.65. The first kappa shape index (κ1) is 20.7. The quantitative estimate of drug-likeness (QED) is 0.708. The summed E-state index contributed by atoms with van der Waals surface area (Å²) < 4.78 is 0. The summed E-state index contributed by atoms with van der Waals surface area (Å²) in [4.78, 5) is 14.6. The Morgan fingerprint density at radius 1 is 1.29 bits per heavy atom. The van der Waals surface area contributed by atoms with Crippen LogP contribution in [0.5, 0.6) is 0 Å². The van der Waals surface area contributed by atoms with Crippen molar-refractivity contribution in [1.29, 1.82) is 0 Å². The minimum absolute atomic E-state index is 0. The van der Waals surface area contributed by atoms with Crippen LogP contribution in [-0.2, 0) is 4.79 Å². The van der Waals surface area contributed by atoms with E-state index in [2.05, 4.69) is 50.2 Å². The van der Waals surface area contributed by atoms with Gasteiger partial charge in [0, 0.05) is 37.1 Å². The number of piperidine rings is 1. The van der Waals surface area contributed by atoms with Crippen molar-refractivity contribution < 1.29 is 4.79 Å². The van der Waals surface area contributed by atoms with E-state index < -0.39 is 0 Å². The Morgan fingerprint density at radius 2 is 1.90 bits per heavy atom. The van der Waals surface area contributed by atoms with Crippen molar-refractivity contribution in [3.8, 4) is 0 Å². The lowest BCUT2D eigenvalue weighted by molar-refractivity contribution is -0.126. The molecule has 1 saturated heterocycles. The van der Waals surface area contributed by atoms with E-state index in [9.17, 15) is 4.79 Å². The van der Waals surface area contributed by atoms with Gasteiger partial charge in [-0.1, -0.05) is 0 Å². The van der Waals surface area contributed by atoms with Crippen LogP contribution in [0.1, 0.15) is 53.9 Å². The van der Waals surface area contributed by atoms with E-state index in [4.69, 9.17) is 0 Å². The molecule has 1 amide bonds. The van der Waals surface area contributed by atoms with Crippen molar-refractivity contribution in [2.24, 2.45) is 5.92 Å². The molecule has 1 aliphatic heterocycles. The number of halogens is 1. The van der Waals surface area contributed by atoms with Gasteiger partial charge in [0.15, 0.2) is 0 Å². The van der Waals surface area contributed by atoms with Crippen LogP contribution < -0.4 is 10.6 Å². The van der Waals surface area contributed by atoms with Gasteiger partial charge < -0.3 is 10.6 Å². The Balaban J connectivity index is 0.00000400. The van der Waals surface area contributed by atoms with E-state index in [-0.39, 0.29) is 24.2 Å². The van der Waals surface area contributed by atoms with Crippen molar-refractivity contribution in [3.63, 3.8) is 0 Å². The SMILES string of the molecule is CC(C)N(CCCNC(=O)[C@H]1CCN[C@@H](C)C1)C(C)C.Cl. The van der Waals surface area contributed by atoms with Crippen LogP contribution in [0.2, 0.25) is 0 Å². The number of carbonyl (C=O) groups excluding carboxylic acids is 1. The second-order valence-electron chi connectivity index (χ2n) is 6.65. The molecule has 2 N–H and O–H groups in total. The number of rotatable bonds is 7. The van der Waals surface area contributed by atoms with E-state index in [1.807, 2.05) is 0 Å². The molecule has 0 aromatic rings. The van der Waals surface area contributed by atoms with Crippen LogP contribution in [-0.4, -0.2) is 48.6 Å². The maximum atomic E-state index is 12.1. The minimum Gasteiger partial charge on any atom is -0.356 e. The molecular weight excluding hydrogens is 286 g/mol. The summed E-state index contributed by atoms with van der Waals surface area (Å²) in [6.07, 6.45) is 2.97. The Morgan fingerprint density at radius 3 is 2.43 bits per heavy atom. The lowest BCUT2D eigenvalue weighted by atomic mass is 9.92. The lowest BCUT2D eigenvalue weighted by Gasteiger charge is -2.30. The fraction of sp³-hybridized carbons (Fsp3) is 0.938. The molecule has 0 saturated carbocycles. The third-order valence-electron chi connectivity index (χ3n) is 4.21. The molecule has 0 unspecified atom stereocenters. The minimum atomic E-state index is 0. The second kappa shape index (κ2) is 10.4. The maximum absolute atomic E-state index is 12.1. The smallest absolute Gasteiger partial charge is 0.223 e. The van der Waals surface area contributed by atoms with Crippen molar-refractivity contribution >= 4 is 18.3 Å². The van der Waals surface area contributed by atoms with Gasteiger partial charge in [0.1, 0.15) is 0 Å². The van der Waals surface area contributed by atoms with Crippen LogP contribution in [0.15, 0.2) is 0 Å². The summed E-state index contributed by atoms with van der Waals surface area (Å²) >= 11 is 0. The average molecular weight is 320 g/mol. The van der Waals surface area contributed by atoms with Gasteiger partial charge in [0.05, 0.1) is 0 Å². The van der Waals surface area contributed by atoms with Crippen LogP contribution in [0.25, 0.3) is 0 Å². The lowest BCUT2D eigenvalue weighted by Crippen LogP contribution is -2.43. The molecule has 126 valence electrons. The van der Waals surface area contributed by atoms with Gasteiger partial charge in [-0.15, -0.1) is 12.4 Å². The third-order valence-corrected chi connectivity index (χ3v) is 4.21. The van der Waals surface area contributed by atoms with Crippen LogP contribution in [0, 0.1) is 5.92 Å². The van der Waals surface area contributed by atoms with Crippen molar-refractivity contribution in [2.45, 2.75) is 72.0 Å². The predicted octanol–water partition coefficient (Wildman–Crippen LogP) is 2.42. The van der Waals surface area contributed by atoms with E-state index in [1.54, 1.807) is 0 Å². The average Bonchev–Trinajstić information content (AvgIpc) is 2.37. The van der Waals surface area contributed by atoms with Gasteiger partial charge >= 0.3 is 0 Å². The topological polar surface area (TPSA) is 44.4 Å². The summed E-state index contributed by atoms with van der Waals surface area (Å²) in [5, 5.41) is 6.50. The molecule has 1 fully saturated rings. The molecule has 4 nitrogen and oxygen atoms in total. The Labute approximate surface area is 136 Å². The first-order valence-electron chi connectivity index (χ1n) is 8.18. The standard InChI is InChI=1S/C16H33N3O.ClH/c1-12(2)19(13(3)4)10-6-8-18-16(20)15-7-9-17-14(5)11-15;/h12-15,17H,6-11H2,1-5H3,(H,18,20);1H/t14-,15-;/m0./s1. The van der Waals surface area contributed by atoms with Gasteiger partial charge in [-0.05, 0) is 60.4 Å². The van der Waals surface area contributed by atoms with Gasteiger partial charge in [-0.3, -0.25) is 9.69 Å². The number of hydrogen-bond donors (Lipinski definition) is 2. The molecule has 5 heteroatoms. The maximum Gasteiger partial charge on any atom is 0.223 e. The fourth-order valence-electron chi connectivity index (χ4n) is 3.10. The summed E-state index contributed by atoms with van der Waals surface area (Å²) in [5.74, 6) is 0.455. The summed E-state index contributed by atoms with van der Waals surface area (Å²) in [7, 11) is 0. The summed E-state index contributed by atoms with van der Waals surface area (Å²) in [5.41, 5.74) is 0. The van der Waals surface area contributed by atoms with Crippen LogP contribution in [0.4, 0.5) is 0 Å². The zero-order chi connectivity index (χ0) is 15.1. The predicted molar refractivity (Wildman–Crippen MR) is 92.0 cm³/mol. The number of hydrogen-bond acceptors (Lipinski definition) is 3. The van der Waals surface area contributed by atoms with E-state index >= 15 is 0 Å².